The highest BCUT2D eigenvalue weighted by molar-refractivity contribution is 7.91. The van der Waals surface area contributed by atoms with Crippen LogP contribution in [-0.2, 0) is 29.2 Å². The van der Waals surface area contributed by atoms with E-state index < -0.39 is 15.6 Å². The number of alkyl halides is 2. The van der Waals surface area contributed by atoms with Crippen LogP contribution < -0.4 is 4.74 Å². The van der Waals surface area contributed by atoms with Gasteiger partial charge >= 0.3 is 5.76 Å². The molecule has 1 aliphatic rings. The molecule has 0 aliphatic carbocycles. The molecule has 0 saturated heterocycles. The molecular formula is C19H21F2NO3S. The van der Waals surface area contributed by atoms with Crippen molar-refractivity contribution in [3.8, 4) is 5.75 Å². The SMILES string of the molecule is COc1cccc2c1CCN(Cc1ccc(S(=O)(=O)C(F)F)cc1)CC2. The molecular weight excluding hydrogens is 360 g/mol. The molecule has 2 aromatic rings. The Hall–Kier alpha value is -1.99. The van der Waals surface area contributed by atoms with Crippen molar-refractivity contribution in [2.45, 2.75) is 30.0 Å². The normalized spacial score (nSPS) is 15.5. The lowest BCUT2D eigenvalue weighted by Gasteiger charge is -2.20. The maximum atomic E-state index is 12.6. The van der Waals surface area contributed by atoms with Gasteiger partial charge in [-0.05, 0) is 47.7 Å². The number of sulfone groups is 1. The molecule has 0 saturated carbocycles. The number of ether oxygens (including phenoxy) is 1. The predicted molar refractivity (Wildman–Crippen MR) is 95.3 cm³/mol. The van der Waals surface area contributed by atoms with Gasteiger partial charge in [-0.25, -0.2) is 8.42 Å². The number of rotatable bonds is 5. The molecule has 3 rings (SSSR count). The van der Waals surface area contributed by atoms with Crippen LogP contribution in [0.15, 0.2) is 47.4 Å². The quantitative estimate of drug-likeness (QED) is 0.797. The molecule has 0 fully saturated rings. The Bertz CT molecular complexity index is 867. The molecule has 0 unspecified atom stereocenters. The second kappa shape index (κ2) is 7.72. The minimum absolute atomic E-state index is 0.343. The van der Waals surface area contributed by atoms with Gasteiger partial charge in [-0.15, -0.1) is 0 Å². The number of halogens is 2. The third-order valence-corrected chi connectivity index (χ3v) is 6.12. The Morgan fingerprint density at radius 3 is 2.42 bits per heavy atom. The Morgan fingerprint density at radius 2 is 1.77 bits per heavy atom. The fraction of sp³-hybridized carbons (Fsp3) is 0.368. The van der Waals surface area contributed by atoms with E-state index in [9.17, 15) is 17.2 Å². The highest BCUT2D eigenvalue weighted by atomic mass is 32.2. The third kappa shape index (κ3) is 3.88. The summed E-state index contributed by atoms with van der Waals surface area (Å²) < 4.78 is 53.6. The van der Waals surface area contributed by atoms with Crippen molar-refractivity contribution in [2.75, 3.05) is 20.2 Å². The second-order valence-corrected chi connectivity index (χ2v) is 8.24. The van der Waals surface area contributed by atoms with E-state index in [1.165, 1.54) is 23.3 Å². The molecule has 0 spiro atoms. The summed E-state index contributed by atoms with van der Waals surface area (Å²) in [5.41, 5.74) is 3.41. The summed E-state index contributed by atoms with van der Waals surface area (Å²) in [4.78, 5) is 1.93. The number of nitrogens with zero attached hydrogens (tertiary/aromatic N) is 1. The molecule has 0 N–H and O–H groups in total. The molecule has 7 heteroatoms. The first-order valence-electron chi connectivity index (χ1n) is 8.40. The van der Waals surface area contributed by atoms with Crippen LogP contribution in [0.3, 0.4) is 0 Å². The highest BCUT2D eigenvalue weighted by Gasteiger charge is 2.26. The van der Waals surface area contributed by atoms with Crippen LogP contribution >= 0.6 is 0 Å². The van der Waals surface area contributed by atoms with Crippen LogP contribution in [0.1, 0.15) is 16.7 Å². The van der Waals surface area contributed by atoms with Crippen LogP contribution in [0.25, 0.3) is 0 Å². The van der Waals surface area contributed by atoms with E-state index in [2.05, 4.69) is 11.0 Å². The van der Waals surface area contributed by atoms with Crippen molar-refractivity contribution in [2.24, 2.45) is 0 Å². The number of methoxy groups -OCH3 is 1. The standard InChI is InChI=1S/C19H21F2NO3S/c1-25-18-4-2-3-15-9-11-22(12-10-17(15)18)13-14-5-7-16(8-6-14)26(23,24)19(20)21/h2-8,19H,9-13H2,1H3. The van der Waals surface area contributed by atoms with Crippen molar-refractivity contribution >= 4 is 9.84 Å². The first-order valence-corrected chi connectivity index (χ1v) is 9.94. The number of benzene rings is 2. The average Bonchev–Trinajstić information content (AvgIpc) is 2.84. The van der Waals surface area contributed by atoms with Gasteiger partial charge < -0.3 is 4.74 Å². The summed E-state index contributed by atoms with van der Waals surface area (Å²) in [5.74, 6) is -2.49. The molecule has 4 nitrogen and oxygen atoms in total. The number of hydrogen-bond donors (Lipinski definition) is 0. The third-order valence-electron chi connectivity index (χ3n) is 4.72. The van der Waals surface area contributed by atoms with Crippen LogP contribution in [-0.4, -0.2) is 39.3 Å². The first kappa shape index (κ1) is 18.8. The van der Waals surface area contributed by atoms with Gasteiger partial charge in [0, 0.05) is 19.6 Å². The molecule has 0 bridgehead atoms. The van der Waals surface area contributed by atoms with Crippen LogP contribution in [0.2, 0.25) is 0 Å². The van der Waals surface area contributed by atoms with Crippen molar-refractivity contribution in [1.82, 2.24) is 4.90 Å². The van der Waals surface area contributed by atoms with Crippen LogP contribution in [0, 0.1) is 0 Å². The highest BCUT2D eigenvalue weighted by Crippen LogP contribution is 2.26. The van der Waals surface area contributed by atoms with Crippen molar-refractivity contribution in [3.63, 3.8) is 0 Å². The van der Waals surface area contributed by atoms with Gasteiger partial charge in [0.1, 0.15) is 5.75 Å². The molecule has 140 valence electrons. The number of fused-ring (bicyclic) bond motifs is 1. The molecule has 0 atom stereocenters. The summed E-state index contributed by atoms with van der Waals surface area (Å²) in [7, 11) is -2.86. The lowest BCUT2D eigenvalue weighted by molar-refractivity contribution is 0.234. The molecule has 2 aromatic carbocycles. The van der Waals surface area contributed by atoms with Gasteiger partial charge in [-0.3, -0.25) is 4.90 Å². The Morgan fingerprint density at radius 1 is 1.08 bits per heavy atom. The topological polar surface area (TPSA) is 46.6 Å². The van der Waals surface area contributed by atoms with Crippen LogP contribution in [0.5, 0.6) is 5.75 Å². The van der Waals surface area contributed by atoms with Crippen molar-refractivity contribution in [3.05, 3.63) is 59.2 Å². The summed E-state index contributed by atoms with van der Waals surface area (Å²) in [6, 6.07) is 11.8. The zero-order valence-electron chi connectivity index (χ0n) is 14.5. The van der Waals surface area contributed by atoms with Gasteiger partial charge in [-0.1, -0.05) is 24.3 Å². The van der Waals surface area contributed by atoms with Gasteiger partial charge in [0.15, 0.2) is 0 Å². The molecule has 26 heavy (non-hydrogen) atoms. The molecule has 0 aromatic heterocycles. The van der Waals surface area contributed by atoms with E-state index >= 15 is 0 Å². The number of hydrogen-bond acceptors (Lipinski definition) is 4. The minimum atomic E-state index is -4.54. The summed E-state index contributed by atoms with van der Waals surface area (Å²) >= 11 is 0. The second-order valence-electron chi connectivity index (χ2n) is 6.32. The average molecular weight is 381 g/mol. The largest absolute Gasteiger partial charge is 0.496 e. The lowest BCUT2D eigenvalue weighted by Crippen LogP contribution is -2.26. The predicted octanol–water partition coefficient (Wildman–Crippen LogP) is 3.29. The fourth-order valence-electron chi connectivity index (χ4n) is 3.28. The van der Waals surface area contributed by atoms with Gasteiger partial charge in [0.2, 0.25) is 9.84 Å². The Kier molecular flexibility index (Phi) is 5.58. The van der Waals surface area contributed by atoms with E-state index in [1.54, 1.807) is 19.2 Å². The van der Waals surface area contributed by atoms with Crippen molar-refractivity contribution < 1.29 is 21.9 Å². The van der Waals surface area contributed by atoms with Crippen molar-refractivity contribution in [1.29, 1.82) is 0 Å². The van der Waals surface area contributed by atoms with E-state index in [1.807, 2.05) is 12.1 Å². The Balaban J connectivity index is 1.69. The van der Waals surface area contributed by atoms with Crippen LogP contribution in [0.4, 0.5) is 8.78 Å². The molecule has 0 radical (unpaired) electrons. The lowest BCUT2D eigenvalue weighted by atomic mass is 10.0. The van der Waals surface area contributed by atoms with Gasteiger partial charge in [-0.2, -0.15) is 8.78 Å². The molecule has 0 amide bonds. The summed E-state index contributed by atoms with van der Waals surface area (Å²) in [5, 5.41) is 0. The molecule has 1 aliphatic heterocycles. The monoisotopic (exact) mass is 381 g/mol. The van der Waals surface area contributed by atoms with Gasteiger partial charge in [0.05, 0.1) is 12.0 Å². The smallest absolute Gasteiger partial charge is 0.341 e. The zero-order chi connectivity index (χ0) is 18.7. The zero-order valence-corrected chi connectivity index (χ0v) is 15.3. The maximum Gasteiger partial charge on any atom is 0.341 e. The van der Waals surface area contributed by atoms with E-state index in [0.29, 0.717) is 6.54 Å². The summed E-state index contributed by atoms with van der Waals surface area (Å²) in [6.45, 7) is 2.37. The fourth-order valence-corrected chi connectivity index (χ4v) is 4.01. The first-order chi connectivity index (χ1) is 12.4. The molecule has 1 heterocycles. The Labute approximate surface area is 152 Å². The summed E-state index contributed by atoms with van der Waals surface area (Å²) in [6.07, 6.45) is 1.78. The van der Waals surface area contributed by atoms with E-state index in [0.717, 1.165) is 37.2 Å². The van der Waals surface area contributed by atoms with E-state index in [4.69, 9.17) is 4.74 Å². The van der Waals surface area contributed by atoms with E-state index in [-0.39, 0.29) is 4.90 Å². The van der Waals surface area contributed by atoms with Gasteiger partial charge in [0.25, 0.3) is 0 Å². The maximum absolute atomic E-state index is 12.6. The minimum Gasteiger partial charge on any atom is -0.496 e.